The number of benzene rings is 1. The van der Waals surface area contributed by atoms with Gasteiger partial charge in [-0.2, -0.15) is 10.4 Å². The van der Waals surface area contributed by atoms with Crippen LogP contribution in [0.25, 0.3) is 0 Å². The maximum absolute atomic E-state index is 8.76. The minimum Gasteiger partial charge on any atom is -0.486 e. The van der Waals surface area contributed by atoms with Gasteiger partial charge in [0.1, 0.15) is 6.61 Å². The molecule has 0 aliphatic carbocycles. The number of nitrogens with zero attached hydrogens (tertiary/aromatic N) is 3. The van der Waals surface area contributed by atoms with Gasteiger partial charge in [-0.3, -0.25) is 4.68 Å². The minimum atomic E-state index is 0.363. The van der Waals surface area contributed by atoms with Crippen molar-refractivity contribution < 1.29 is 4.74 Å². The van der Waals surface area contributed by atoms with Crippen LogP contribution in [-0.4, -0.2) is 9.78 Å². The van der Waals surface area contributed by atoms with Gasteiger partial charge in [0.05, 0.1) is 24.0 Å². The van der Waals surface area contributed by atoms with Gasteiger partial charge in [0.25, 0.3) is 0 Å². The SMILES string of the molecule is CCCn1cc(OCc2ccc(C#N)cc2Cl)cn1. The number of hydrogen-bond donors (Lipinski definition) is 0. The number of aryl methyl sites for hydroxylation is 1. The van der Waals surface area contributed by atoms with Crippen LogP contribution in [0, 0.1) is 11.3 Å². The molecule has 0 spiro atoms. The van der Waals surface area contributed by atoms with Crippen LogP contribution in [0.15, 0.2) is 30.6 Å². The Hall–Kier alpha value is -1.99. The first-order valence-electron chi connectivity index (χ1n) is 6.06. The van der Waals surface area contributed by atoms with E-state index in [1.807, 2.05) is 16.9 Å². The van der Waals surface area contributed by atoms with Crippen molar-refractivity contribution in [3.05, 3.63) is 46.7 Å². The Morgan fingerprint density at radius 1 is 1.47 bits per heavy atom. The topological polar surface area (TPSA) is 50.8 Å². The molecule has 2 aromatic rings. The Morgan fingerprint density at radius 3 is 3.00 bits per heavy atom. The molecule has 0 atom stereocenters. The molecule has 5 heteroatoms. The Kier molecular flexibility index (Phi) is 4.43. The fourth-order valence-corrected chi connectivity index (χ4v) is 1.90. The summed E-state index contributed by atoms with van der Waals surface area (Å²) in [5, 5.41) is 13.5. The van der Waals surface area contributed by atoms with Crippen LogP contribution in [0.4, 0.5) is 0 Å². The summed E-state index contributed by atoms with van der Waals surface area (Å²) >= 11 is 6.08. The highest BCUT2D eigenvalue weighted by molar-refractivity contribution is 6.31. The number of rotatable bonds is 5. The van der Waals surface area contributed by atoms with Gasteiger partial charge in [-0.1, -0.05) is 24.6 Å². The Morgan fingerprint density at radius 2 is 2.32 bits per heavy atom. The van der Waals surface area contributed by atoms with E-state index >= 15 is 0 Å². The zero-order valence-electron chi connectivity index (χ0n) is 10.6. The van der Waals surface area contributed by atoms with E-state index in [9.17, 15) is 0 Å². The predicted octanol–water partition coefficient (Wildman–Crippen LogP) is 3.40. The van der Waals surface area contributed by atoms with Crippen molar-refractivity contribution in [2.24, 2.45) is 0 Å². The third-order valence-electron chi connectivity index (χ3n) is 2.64. The van der Waals surface area contributed by atoms with Crippen molar-refractivity contribution in [1.29, 1.82) is 5.26 Å². The summed E-state index contributed by atoms with van der Waals surface area (Å²) in [4.78, 5) is 0. The lowest BCUT2D eigenvalue weighted by atomic mass is 10.1. The molecule has 0 amide bonds. The van der Waals surface area contributed by atoms with Gasteiger partial charge in [0, 0.05) is 17.1 Å². The molecule has 0 N–H and O–H groups in total. The van der Waals surface area contributed by atoms with Gasteiger partial charge in [0.15, 0.2) is 5.75 Å². The molecule has 0 saturated carbocycles. The number of hydrogen-bond acceptors (Lipinski definition) is 3. The average Bonchev–Trinajstić information content (AvgIpc) is 2.85. The summed E-state index contributed by atoms with van der Waals surface area (Å²) in [5.41, 5.74) is 1.40. The average molecular weight is 276 g/mol. The molecule has 0 fully saturated rings. The lowest BCUT2D eigenvalue weighted by Gasteiger charge is -2.05. The quantitative estimate of drug-likeness (QED) is 0.840. The summed E-state index contributed by atoms with van der Waals surface area (Å²) in [7, 11) is 0. The smallest absolute Gasteiger partial charge is 0.157 e. The third kappa shape index (κ3) is 3.49. The molecule has 0 aliphatic rings. The predicted molar refractivity (Wildman–Crippen MR) is 73.0 cm³/mol. The highest BCUT2D eigenvalue weighted by Gasteiger charge is 2.04. The molecule has 1 aromatic heterocycles. The third-order valence-corrected chi connectivity index (χ3v) is 2.99. The Balaban J connectivity index is 2.00. The largest absolute Gasteiger partial charge is 0.486 e. The first kappa shape index (κ1) is 13.4. The van der Waals surface area contributed by atoms with Crippen molar-refractivity contribution in [3.8, 4) is 11.8 Å². The number of aromatic nitrogens is 2. The fourth-order valence-electron chi connectivity index (χ4n) is 1.67. The molecular weight excluding hydrogens is 262 g/mol. The molecule has 1 heterocycles. The van der Waals surface area contributed by atoms with E-state index in [-0.39, 0.29) is 0 Å². The van der Waals surface area contributed by atoms with Gasteiger partial charge in [-0.05, 0) is 18.6 Å². The van der Waals surface area contributed by atoms with E-state index in [0.29, 0.717) is 22.9 Å². The molecule has 0 bridgehead atoms. The van der Waals surface area contributed by atoms with Crippen LogP contribution in [0.3, 0.4) is 0 Å². The molecule has 19 heavy (non-hydrogen) atoms. The normalized spacial score (nSPS) is 10.2. The van der Waals surface area contributed by atoms with Crippen molar-refractivity contribution in [2.75, 3.05) is 0 Å². The second kappa shape index (κ2) is 6.26. The molecule has 4 nitrogen and oxygen atoms in total. The van der Waals surface area contributed by atoms with Crippen molar-refractivity contribution in [3.63, 3.8) is 0 Å². The molecule has 0 radical (unpaired) electrons. The second-order valence-electron chi connectivity index (χ2n) is 4.15. The highest BCUT2D eigenvalue weighted by Crippen LogP contribution is 2.20. The fraction of sp³-hybridized carbons (Fsp3) is 0.286. The van der Waals surface area contributed by atoms with E-state index in [4.69, 9.17) is 21.6 Å². The van der Waals surface area contributed by atoms with Crippen LogP contribution in [0.1, 0.15) is 24.5 Å². The van der Waals surface area contributed by atoms with Crippen LogP contribution in [0.2, 0.25) is 5.02 Å². The zero-order chi connectivity index (χ0) is 13.7. The summed E-state index contributed by atoms with van der Waals surface area (Å²) in [6.45, 7) is 3.34. The summed E-state index contributed by atoms with van der Waals surface area (Å²) < 4.78 is 7.47. The summed E-state index contributed by atoms with van der Waals surface area (Å²) in [5.74, 6) is 0.717. The molecule has 2 rings (SSSR count). The number of halogens is 1. The maximum atomic E-state index is 8.76. The van der Waals surface area contributed by atoms with E-state index in [2.05, 4.69) is 12.0 Å². The number of nitriles is 1. The summed E-state index contributed by atoms with van der Waals surface area (Å²) in [6.07, 6.45) is 4.58. The van der Waals surface area contributed by atoms with Crippen LogP contribution < -0.4 is 4.74 Å². The molecule has 1 aromatic carbocycles. The number of ether oxygens (including phenoxy) is 1. The lowest BCUT2D eigenvalue weighted by molar-refractivity contribution is 0.306. The van der Waals surface area contributed by atoms with Crippen molar-refractivity contribution >= 4 is 11.6 Å². The standard InChI is InChI=1S/C14H14ClN3O/c1-2-5-18-9-13(8-17-18)19-10-12-4-3-11(7-16)6-14(12)15/h3-4,6,8-9H,2,5,10H2,1H3. The zero-order valence-corrected chi connectivity index (χ0v) is 11.4. The Labute approximate surface area is 117 Å². The highest BCUT2D eigenvalue weighted by atomic mass is 35.5. The van der Waals surface area contributed by atoms with Gasteiger partial charge >= 0.3 is 0 Å². The van der Waals surface area contributed by atoms with E-state index in [0.717, 1.165) is 18.5 Å². The molecule has 0 unspecified atom stereocenters. The van der Waals surface area contributed by atoms with Gasteiger partial charge in [0.2, 0.25) is 0 Å². The molecule has 0 aliphatic heterocycles. The molecule has 98 valence electrons. The summed E-state index contributed by atoms with van der Waals surface area (Å²) in [6, 6.07) is 7.22. The van der Waals surface area contributed by atoms with Crippen LogP contribution in [0.5, 0.6) is 5.75 Å². The first-order chi connectivity index (χ1) is 9.22. The minimum absolute atomic E-state index is 0.363. The van der Waals surface area contributed by atoms with Crippen LogP contribution >= 0.6 is 11.6 Å². The van der Waals surface area contributed by atoms with Crippen molar-refractivity contribution in [2.45, 2.75) is 26.5 Å². The monoisotopic (exact) mass is 275 g/mol. The Bertz CT molecular complexity index is 601. The molecular formula is C14H14ClN3O. The van der Waals surface area contributed by atoms with E-state index in [1.54, 1.807) is 24.4 Å². The van der Waals surface area contributed by atoms with E-state index < -0.39 is 0 Å². The van der Waals surface area contributed by atoms with Crippen molar-refractivity contribution in [1.82, 2.24) is 9.78 Å². The van der Waals surface area contributed by atoms with Gasteiger partial charge < -0.3 is 4.74 Å². The van der Waals surface area contributed by atoms with Crippen LogP contribution in [-0.2, 0) is 13.2 Å². The first-order valence-corrected chi connectivity index (χ1v) is 6.44. The second-order valence-corrected chi connectivity index (χ2v) is 4.55. The maximum Gasteiger partial charge on any atom is 0.157 e. The van der Waals surface area contributed by atoms with Gasteiger partial charge in [-0.25, -0.2) is 0 Å². The van der Waals surface area contributed by atoms with Gasteiger partial charge in [-0.15, -0.1) is 0 Å². The van der Waals surface area contributed by atoms with E-state index in [1.165, 1.54) is 0 Å². The lowest BCUT2D eigenvalue weighted by Crippen LogP contribution is -1.97. The molecule has 0 saturated heterocycles.